The van der Waals surface area contributed by atoms with Gasteiger partial charge in [0.15, 0.2) is 0 Å². The van der Waals surface area contributed by atoms with Gasteiger partial charge in [0, 0.05) is 5.69 Å². The molecule has 4 N–H and O–H groups in total. The minimum atomic E-state index is 0.384. The lowest BCUT2D eigenvalue weighted by atomic mass is 9.96. The molecule has 3 rings (SSSR count). The van der Waals surface area contributed by atoms with Crippen molar-refractivity contribution in [3.63, 3.8) is 0 Å². The second kappa shape index (κ2) is 6.19. The molecule has 0 spiro atoms. The van der Waals surface area contributed by atoms with Gasteiger partial charge < -0.3 is 5.32 Å². The molecular weight excluding hydrogens is 270 g/mol. The quantitative estimate of drug-likeness (QED) is 0.344. The summed E-state index contributed by atoms with van der Waals surface area (Å²) in [6.07, 6.45) is 6.16. The molecule has 1 aromatic heterocycles. The van der Waals surface area contributed by atoms with Crippen molar-refractivity contribution in [1.82, 2.24) is 10.4 Å². The number of hydrazine groups is 1. The van der Waals surface area contributed by atoms with Crippen LogP contribution in [0, 0.1) is 0 Å². The lowest BCUT2D eigenvalue weighted by Gasteiger charge is -2.19. The first-order valence-electron chi connectivity index (χ1n) is 7.00. The number of rotatable bonds is 2. The first-order chi connectivity index (χ1) is 9.85. The van der Waals surface area contributed by atoms with Crippen LogP contribution in [-0.4, -0.2) is 17.0 Å². The molecule has 1 aliphatic rings. The fourth-order valence-corrected chi connectivity index (χ4v) is 3.28. The Morgan fingerprint density at radius 2 is 2.15 bits per heavy atom. The number of benzene rings is 1. The van der Waals surface area contributed by atoms with Crippen molar-refractivity contribution in [3.05, 3.63) is 23.7 Å². The Hall–Kier alpha value is -1.66. The van der Waals surface area contributed by atoms with Crippen LogP contribution in [0.3, 0.4) is 0 Å². The van der Waals surface area contributed by atoms with Gasteiger partial charge in [-0.15, -0.1) is 11.3 Å². The van der Waals surface area contributed by atoms with Gasteiger partial charge in [-0.2, -0.15) is 0 Å². The molecule has 0 amide bonds. The first kappa shape index (κ1) is 13.3. The van der Waals surface area contributed by atoms with Crippen LogP contribution >= 0.6 is 11.3 Å². The molecule has 0 atom stereocenters. The zero-order valence-corrected chi connectivity index (χ0v) is 12.1. The predicted molar refractivity (Wildman–Crippen MR) is 84.9 cm³/mol. The number of anilines is 1. The monoisotopic (exact) mass is 289 g/mol. The van der Waals surface area contributed by atoms with E-state index in [1.165, 1.54) is 19.3 Å². The molecule has 0 aliphatic heterocycles. The van der Waals surface area contributed by atoms with Crippen molar-refractivity contribution in [3.8, 4) is 0 Å². The van der Waals surface area contributed by atoms with Gasteiger partial charge in [0.05, 0.1) is 21.8 Å². The van der Waals surface area contributed by atoms with E-state index in [1.54, 1.807) is 11.3 Å². The smallest absolute Gasteiger partial charge is 0.210 e. The number of aromatic nitrogens is 1. The van der Waals surface area contributed by atoms with Gasteiger partial charge in [0.1, 0.15) is 0 Å². The minimum absolute atomic E-state index is 0.384. The fraction of sp³-hybridized carbons (Fsp3) is 0.429. The highest BCUT2D eigenvalue weighted by atomic mass is 32.1. The summed E-state index contributed by atoms with van der Waals surface area (Å²) in [5.74, 6) is 6.22. The maximum Gasteiger partial charge on any atom is 0.210 e. The lowest BCUT2D eigenvalue weighted by Crippen LogP contribution is -2.37. The number of nitrogens with two attached hydrogens (primary N) is 1. The SMILES string of the molecule is NNC(=NC1CCCCC1)Nc1ccc2ncsc2c1. The molecule has 1 fully saturated rings. The predicted octanol–water partition coefficient (Wildman–Crippen LogP) is 2.86. The van der Waals surface area contributed by atoms with Crippen LogP contribution in [-0.2, 0) is 0 Å². The Bertz CT molecular complexity index is 600. The van der Waals surface area contributed by atoms with E-state index < -0.39 is 0 Å². The number of aliphatic imine (C=N–C) groups is 1. The third-order valence-corrected chi connectivity index (χ3v) is 4.41. The van der Waals surface area contributed by atoms with Crippen LogP contribution in [0.2, 0.25) is 0 Å². The summed E-state index contributed by atoms with van der Waals surface area (Å²) in [6, 6.07) is 6.45. The summed E-state index contributed by atoms with van der Waals surface area (Å²) in [5, 5.41) is 3.25. The zero-order chi connectivity index (χ0) is 13.8. The second-order valence-electron chi connectivity index (χ2n) is 5.07. The lowest BCUT2D eigenvalue weighted by molar-refractivity contribution is 0.442. The third-order valence-electron chi connectivity index (χ3n) is 3.62. The Morgan fingerprint density at radius 3 is 2.95 bits per heavy atom. The summed E-state index contributed by atoms with van der Waals surface area (Å²) in [7, 11) is 0. The normalized spacial score (nSPS) is 17.4. The van der Waals surface area contributed by atoms with Crippen molar-refractivity contribution < 1.29 is 0 Å². The van der Waals surface area contributed by atoms with Crippen LogP contribution in [0.1, 0.15) is 32.1 Å². The molecule has 20 heavy (non-hydrogen) atoms. The third kappa shape index (κ3) is 3.08. The summed E-state index contributed by atoms with van der Waals surface area (Å²) < 4.78 is 1.16. The van der Waals surface area contributed by atoms with E-state index in [1.807, 2.05) is 17.6 Å². The zero-order valence-electron chi connectivity index (χ0n) is 11.3. The van der Waals surface area contributed by atoms with Gasteiger partial charge in [-0.05, 0) is 31.0 Å². The molecule has 6 heteroatoms. The number of hydrogen-bond acceptors (Lipinski definition) is 4. The Balaban J connectivity index is 1.74. The highest BCUT2D eigenvalue weighted by Crippen LogP contribution is 2.23. The molecule has 106 valence electrons. The van der Waals surface area contributed by atoms with Crippen molar-refractivity contribution in [2.75, 3.05) is 5.32 Å². The van der Waals surface area contributed by atoms with Crippen molar-refractivity contribution in [2.24, 2.45) is 10.8 Å². The number of hydrogen-bond donors (Lipinski definition) is 3. The summed E-state index contributed by atoms with van der Waals surface area (Å²) in [4.78, 5) is 8.95. The average Bonchev–Trinajstić information content (AvgIpc) is 2.95. The standard InChI is InChI=1S/C14H19N5S/c15-19-14(17-10-4-2-1-3-5-10)18-11-6-7-12-13(8-11)20-9-16-12/h6-10H,1-5,15H2,(H2,17,18,19). The maximum atomic E-state index is 5.58. The van der Waals surface area contributed by atoms with Gasteiger partial charge in [0.2, 0.25) is 5.96 Å². The van der Waals surface area contributed by atoms with Gasteiger partial charge >= 0.3 is 0 Å². The average molecular weight is 289 g/mol. The molecule has 0 bridgehead atoms. The van der Waals surface area contributed by atoms with E-state index in [4.69, 9.17) is 5.84 Å². The van der Waals surface area contributed by atoms with Crippen LogP contribution in [0.5, 0.6) is 0 Å². The molecule has 5 nitrogen and oxygen atoms in total. The molecule has 1 aromatic carbocycles. The van der Waals surface area contributed by atoms with Crippen LogP contribution in [0.25, 0.3) is 10.2 Å². The molecule has 1 saturated carbocycles. The summed E-state index contributed by atoms with van der Waals surface area (Å²) in [6.45, 7) is 0. The number of thiazole rings is 1. The van der Waals surface area contributed by atoms with Crippen molar-refractivity contribution in [2.45, 2.75) is 38.1 Å². The molecule has 0 radical (unpaired) electrons. The first-order valence-corrected chi connectivity index (χ1v) is 7.88. The molecule has 1 heterocycles. The highest BCUT2D eigenvalue weighted by molar-refractivity contribution is 7.16. The Morgan fingerprint density at radius 1 is 1.30 bits per heavy atom. The van der Waals surface area contributed by atoms with Gasteiger partial charge in [0.25, 0.3) is 0 Å². The van der Waals surface area contributed by atoms with Gasteiger partial charge in [-0.3, -0.25) is 5.43 Å². The summed E-state index contributed by atoms with van der Waals surface area (Å²) >= 11 is 1.63. The van der Waals surface area contributed by atoms with Crippen LogP contribution < -0.4 is 16.6 Å². The fourth-order valence-electron chi connectivity index (χ4n) is 2.57. The maximum absolute atomic E-state index is 5.58. The van der Waals surface area contributed by atoms with Crippen molar-refractivity contribution >= 4 is 33.2 Å². The number of fused-ring (bicyclic) bond motifs is 1. The Kier molecular flexibility index (Phi) is 4.13. The van der Waals surface area contributed by atoms with Crippen LogP contribution in [0.4, 0.5) is 5.69 Å². The van der Waals surface area contributed by atoms with E-state index >= 15 is 0 Å². The van der Waals surface area contributed by atoms with E-state index in [0.29, 0.717) is 12.0 Å². The Labute approximate surface area is 122 Å². The summed E-state index contributed by atoms with van der Waals surface area (Å²) in [5.41, 5.74) is 6.52. The second-order valence-corrected chi connectivity index (χ2v) is 5.96. The minimum Gasteiger partial charge on any atom is -0.325 e. The number of nitrogens with zero attached hydrogens (tertiary/aromatic N) is 2. The number of guanidine groups is 1. The van der Waals surface area contributed by atoms with E-state index in [2.05, 4.69) is 26.8 Å². The van der Waals surface area contributed by atoms with Gasteiger partial charge in [-0.25, -0.2) is 15.8 Å². The molecule has 0 saturated heterocycles. The van der Waals surface area contributed by atoms with Crippen molar-refractivity contribution in [1.29, 1.82) is 0 Å². The molecular formula is C14H19N5S. The molecule has 1 aliphatic carbocycles. The topological polar surface area (TPSA) is 75.3 Å². The largest absolute Gasteiger partial charge is 0.325 e. The molecule has 0 unspecified atom stereocenters. The number of nitrogens with one attached hydrogen (secondary N) is 2. The molecule has 2 aromatic rings. The highest BCUT2D eigenvalue weighted by Gasteiger charge is 2.13. The van der Waals surface area contributed by atoms with E-state index in [9.17, 15) is 0 Å². The van der Waals surface area contributed by atoms with E-state index in [-0.39, 0.29) is 0 Å². The van der Waals surface area contributed by atoms with E-state index in [0.717, 1.165) is 28.7 Å². The van der Waals surface area contributed by atoms with Gasteiger partial charge in [-0.1, -0.05) is 19.3 Å². The van der Waals surface area contributed by atoms with Crippen LogP contribution in [0.15, 0.2) is 28.7 Å².